The number of nitrogens with zero attached hydrogens (tertiary/aromatic N) is 3. The van der Waals surface area contributed by atoms with Gasteiger partial charge in [-0.05, 0) is 17.9 Å². The van der Waals surface area contributed by atoms with Crippen molar-refractivity contribution in [1.29, 1.82) is 0 Å². The summed E-state index contributed by atoms with van der Waals surface area (Å²) in [5.74, 6) is -1.15. The topological polar surface area (TPSA) is 102 Å². The Balaban J connectivity index is 2.31. The van der Waals surface area contributed by atoms with Crippen molar-refractivity contribution in [3.05, 3.63) is 23.2 Å². The molecular weight excluding hydrogens is 314 g/mol. The van der Waals surface area contributed by atoms with Crippen LogP contribution in [0.2, 0.25) is 0 Å². The molecule has 0 spiro atoms. The SMILES string of the molecule is CCCS(=O)(=O)CCn1nnc(C(=O)O)c1-c1cccs1. The number of carboxylic acid groups (broad SMARTS) is 1. The molecule has 0 radical (unpaired) electrons. The molecule has 0 aliphatic rings. The fourth-order valence-electron chi connectivity index (χ4n) is 1.91. The largest absolute Gasteiger partial charge is 0.476 e. The van der Waals surface area contributed by atoms with Crippen molar-refractivity contribution in [1.82, 2.24) is 15.0 Å². The average molecular weight is 329 g/mol. The second-order valence-corrected chi connectivity index (χ2v) is 7.70. The summed E-state index contributed by atoms with van der Waals surface area (Å²) in [5.41, 5.74) is 0.189. The van der Waals surface area contributed by atoms with Crippen molar-refractivity contribution in [2.24, 2.45) is 0 Å². The van der Waals surface area contributed by atoms with E-state index in [0.29, 0.717) is 17.0 Å². The molecule has 0 aliphatic carbocycles. The second kappa shape index (κ2) is 6.35. The maximum Gasteiger partial charge on any atom is 0.358 e. The quantitative estimate of drug-likeness (QED) is 0.826. The molecule has 0 aliphatic heterocycles. The Morgan fingerprint density at radius 2 is 2.19 bits per heavy atom. The number of carbonyl (C=O) groups is 1. The molecule has 2 aromatic heterocycles. The number of aromatic carboxylic acids is 1. The van der Waals surface area contributed by atoms with Gasteiger partial charge in [0.15, 0.2) is 15.5 Å². The van der Waals surface area contributed by atoms with E-state index in [-0.39, 0.29) is 23.7 Å². The molecule has 0 aromatic carbocycles. The fraction of sp³-hybridized carbons (Fsp3) is 0.417. The molecule has 0 bridgehead atoms. The van der Waals surface area contributed by atoms with E-state index in [9.17, 15) is 13.2 Å². The van der Waals surface area contributed by atoms with Gasteiger partial charge in [-0.25, -0.2) is 17.9 Å². The van der Waals surface area contributed by atoms with Gasteiger partial charge in [0, 0.05) is 5.75 Å². The third-order valence-corrected chi connectivity index (χ3v) is 5.53. The maximum atomic E-state index is 11.8. The van der Waals surface area contributed by atoms with Crippen molar-refractivity contribution in [2.45, 2.75) is 19.9 Å². The summed E-state index contributed by atoms with van der Waals surface area (Å²) in [6.45, 7) is 1.89. The van der Waals surface area contributed by atoms with Gasteiger partial charge >= 0.3 is 5.97 Å². The van der Waals surface area contributed by atoms with Gasteiger partial charge in [0.25, 0.3) is 0 Å². The van der Waals surface area contributed by atoms with Crippen LogP contribution in [0.5, 0.6) is 0 Å². The summed E-state index contributed by atoms with van der Waals surface area (Å²) in [6.07, 6.45) is 0.553. The number of rotatable bonds is 7. The first kappa shape index (κ1) is 15.6. The van der Waals surface area contributed by atoms with Gasteiger partial charge < -0.3 is 5.11 Å². The predicted molar refractivity (Wildman–Crippen MR) is 79.2 cm³/mol. The summed E-state index contributed by atoms with van der Waals surface area (Å²) in [4.78, 5) is 11.9. The Hall–Kier alpha value is -1.74. The van der Waals surface area contributed by atoms with Crippen LogP contribution in [0, 0.1) is 0 Å². The Morgan fingerprint density at radius 3 is 2.76 bits per heavy atom. The normalized spacial score (nSPS) is 11.7. The number of thiophene rings is 1. The van der Waals surface area contributed by atoms with Crippen molar-refractivity contribution in [2.75, 3.05) is 11.5 Å². The van der Waals surface area contributed by atoms with Crippen LogP contribution in [0.4, 0.5) is 0 Å². The van der Waals surface area contributed by atoms with Crippen LogP contribution in [0.1, 0.15) is 23.8 Å². The number of hydrogen-bond donors (Lipinski definition) is 1. The summed E-state index contributed by atoms with van der Waals surface area (Å²) < 4.78 is 24.9. The van der Waals surface area contributed by atoms with Crippen molar-refractivity contribution in [3.8, 4) is 10.6 Å². The minimum absolute atomic E-state index is 0.0817. The first-order valence-electron chi connectivity index (χ1n) is 6.35. The van der Waals surface area contributed by atoms with E-state index in [0.717, 1.165) is 0 Å². The smallest absolute Gasteiger partial charge is 0.358 e. The monoisotopic (exact) mass is 329 g/mol. The first-order valence-corrected chi connectivity index (χ1v) is 9.06. The lowest BCUT2D eigenvalue weighted by atomic mass is 10.2. The van der Waals surface area contributed by atoms with Gasteiger partial charge in [0.1, 0.15) is 5.69 Å². The van der Waals surface area contributed by atoms with Crippen molar-refractivity contribution in [3.63, 3.8) is 0 Å². The van der Waals surface area contributed by atoms with E-state index in [1.807, 2.05) is 5.38 Å². The molecule has 0 atom stereocenters. The molecule has 21 heavy (non-hydrogen) atoms. The van der Waals surface area contributed by atoms with E-state index in [1.165, 1.54) is 16.0 Å². The van der Waals surface area contributed by atoms with Crippen LogP contribution in [0.15, 0.2) is 17.5 Å². The van der Waals surface area contributed by atoms with Gasteiger partial charge in [-0.1, -0.05) is 18.2 Å². The highest BCUT2D eigenvalue weighted by Gasteiger charge is 2.22. The average Bonchev–Trinajstić information content (AvgIpc) is 3.05. The Morgan fingerprint density at radius 1 is 1.43 bits per heavy atom. The van der Waals surface area contributed by atoms with Crippen molar-refractivity contribution >= 4 is 27.1 Å². The van der Waals surface area contributed by atoms with Gasteiger partial charge in [0.2, 0.25) is 0 Å². The lowest BCUT2D eigenvalue weighted by Crippen LogP contribution is -2.17. The number of aryl methyl sites for hydroxylation is 1. The fourth-order valence-corrected chi connectivity index (χ4v) is 3.96. The van der Waals surface area contributed by atoms with Crippen LogP contribution in [0.3, 0.4) is 0 Å². The molecule has 0 unspecified atom stereocenters. The lowest BCUT2D eigenvalue weighted by Gasteiger charge is -2.06. The molecule has 2 heterocycles. The minimum atomic E-state index is -3.16. The van der Waals surface area contributed by atoms with Crippen LogP contribution >= 0.6 is 11.3 Å². The molecule has 114 valence electrons. The van der Waals surface area contributed by atoms with E-state index in [2.05, 4.69) is 10.3 Å². The highest BCUT2D eigenvalue weighted by Crippen LogP contribution is 2.27. The number of carboxylic acids is 1. The summed E-state index contributed by atoms with van der Waals surface area (Å²) >= 11 is 1.36. The summed E-state index contributed by atoms with van der Waals surface area (Å²) in [7, 11) is -3.16. The van der Waals surface area contributed by atoms with Crippen LogP contribution in [-0.2, 0) is 16.4 Å². The number of hydrogen-bond acceptors (Lipinski definition) is 6. The molecular formula is C12H15N3O4S2. The lowest BCUT2D eigenvalue weighted by molar-refractivity contribution is 0.0691. The number of aromatic nitrogens is 3. The van der Waals surface area contributed by atoms with E-state index < -0.39 is 15.8 Å². The second-order valence-electron chi connectivity index (χ2n) is 4.44. The first-order chi connectivity index (χ1) is 9.94. The minimum Gasteiger partial charge on any atom is -0.476 e. The van der Waals surface area contributed by atoms with E-state index in [4.69, 9.17) is 5.11 Å². The Kier molecular flexibility index (Phi) is 4.73. The molecule has 7 nitrogen and oxygen atoms in total. The van der Waals surface area contributed by atoms with Crippen LogP contribution in [0.25, 0.3) is 10.6 Å². The molecule has 1 N–H and O–H groups in total. The zero-order valence-corrected chi connectivity index (χ0v) is 13.0. The van der Waals surface area contributed by atoms with E-state index >= 15 is 0 Å². The van der Waals surface area contributed by atoms with Crippen LogP contribution < -0.4 is 0 Å². The van der Waals surface area contributed by atoms with Crippen molar-refractivity contribution < 1.29 is 18.3 Å². The molecule has 0 saturated heterocycles. The van der Waals surface area contributed by atoms with Gasteiger partial charge in [-0.2, -0.15) is 0 Å². The van der Waals surface area contributed by atoms with Gasteiger partial charge in [-0.3, -0.25) is 0 Å². The molecule has 0 fully saturated rings. The zero-order chi connectivity index (χ0) is 15.5. The van der Waals surface area contributed by atoms with Crippen LogP contribution in [-0.4, -0.2) is 46.0 Å². The van der Waals surface area contributed by atoms with Gasteiger partial charge in [-0.15, -0.1) is 16.4 Å². The predicted octanol–water partition coefficient (Wildman–Crippen LogP) is 1.53. The molecule has 2 rings (SSSR count). The number of sulfone groups is 1. The molecule has 0 amide bonds. The Labute approximate surface area is 126 Å². The third kappa shape index (κ3) is 3.67. The Bertz CT molecular complexity index is 720. The highest BCUT2D eigenvalue weighted by atomic mass is 32.2. The highest BCUT2D eigenvalue weighted by molar-refractivity contribution is 7.91. The maximum absolute atomic E-state index is 11.8. The molecule has 9 heteroatoms. The molecule has 2 aromatic rings. The zero-order valence-electron chi connectivity index (χ0n) is 11.4. The van der Waals surface area contributed by atoms with E-state index in [1.54, 1.807) is 19.1 Å². The van der Waals surface area contributed by atoms with Gasteiger partial charge in [0.05, 0.1) is 17.2 Å². The standard InChI is InChI=1S/C12H15N3O4S2/c1-2-7-21(18,19)8-5-15-11(9-4-3-6-20-9)10(12(16)17)13-14-15/h3-4,6H,2,5,7-8H2,1H3,(H,16,17). The third-order valence-electron chi connectivity index (χ3n) is 2.82. The molecule has 0 saturated carbocycles. The summed E-state index contributed by atoms with van der Waals surface area (Å²) in [5, 5.41) is 18.4. The summed E-state index contributed by atoms with van der Waals surface area (Å²) in [6, 6.07) is 3.55.